The quantitative estimate of drug-likeness (QED) is 0.0131. The van der Waals surface area contributed by atoms with Crippen molar-refractivity contribution in [2.45, 2.75) is 0 Å². The molecule has 6 N–H and O–H groups in total. The molecule has 2 radical (unpaired) electrons. The molecule has 0 atom stereocenters. The summed E-state index contributed by atoms with van der Waals surface area (Å²) in [4.78, 5) is 103. The van der Waals surface area contributed by atoms with E-state index in [0.717, 1.165) is 32.0 Å². The van der Waals surface area contributed by atoms with Crippen LogP contribution in [0, 0.1) is 97.7 Å². The number of fused-ring (bicyclic) bond motifs is 3. The number of nitro groups is 4. The summed E-state index contributed by atoms with van der Waals surface area (Å²) in [5, 5.41) is 48.9. The Bertz CT molecular complexity index is 4440. The van der Waals surface area contributed by atoms with Crippen LogP contribution in [0.4, 0.5) is 57.9 Å². The van der Waals surface area contributed by atoms with Crippen LogP contribution in [0.5, 0.6) is 0 Å². The van der Waals surface area contributed by atoms with Crippen LogP contribution in [0.2, 0.25) is 0 Å². The number of carbonyl (C=O) groups excluding carboxylic acids is 3. The van der Waals surface area contributed by atoms with E-state index in [2.05, 4.69) is 79.9 Å². The fourth-order valence-electron chi connectivity index (χ4n) is 6.92. The maximum atomic E-state index is 14.2. The summed E-state index contributed by atoms with van der Waals surface area (Å²) in [6.07, 6.45) is 9.58. The summed E-state index contributed by atoms with van der Waals surface area (Å²) >= 11 is 10.3. The molecule has 0 amide bonds. The summed E-state index contributed by atoms with van der Waals surface area (Å²) in [5.41, 5.74) is 0.0228. The number of aromatic amines is 3. The fraction of sp³-hybridized carbons (Fsp3) is 0.0200. The number of pyridine rings is 3. The van der Waals surface area contributed by atoms with Gasteiger partial charge in [-0.3, -0.25) is 54.8 Å². The molecule has 25 nitrogen and oxygen atoms in total. The predicted octanol–water partition coefficient (Wildman–Crippen LogP) is 14.8. The minimum absolute atomic E-state index is 0.00989. The van der Waals surface area contributed by atoms with Gasteiger partial charge in [0.25, 0.3) is 5.24 Å². The van der Waals surface area contributed by atoms with Gasteiger partial charge in [-0.15, -0.1) is 0 Å². The van der Waals surface area contributed by atoms with Crippen molar-refractivity contribution in [3.8, 4) is 0 Å². The van der Waals surface area contributed by atoms with E-state index in [9.17, 15) is 84.6 Å². The van der Waals surface area contributed by atoms with Crippen molar-refractivity contribution in [2.24, 2.45) is 0 Å². The number of nitrogens with two attached hydrogens (primary N) is 1. The number of nitrogens with one attached hydrogen (secondary N) is 3. The number of halogens is 16. The van der Waals surface area contributed by atoms with Crippen molar-refractivity contribution in [3.05, 3.63) is 241 Å². The van der Waals surface area contributed by atoms with Crippen LogP contribution >= 0.6 is 119 Å². The molecule has 93 heavy (non-hydrogen) atoms. The van der Waals surface area contributed by atoms with E-state index in [4.69, 9.17) is 54.6 Å². The Morgan fingerprint density at radius 3 is 1.26 bits per heavy atom. The second-order valence-corrected chi connectivity index (χ2v) is 27.2. The van der Waals surface area contributed by atoms with Gasteiger partial charge in [0.1, 0.15) is 56.9 Å². The molecule has 488 valence electrons. The summed E-state index contributed by atoms with van der Waals surface area (Å²) in [6, 6.07) is 13.2. The van der Waals surface area contributed by atoms with Crippen LogP contribution < -0.4 is 5.73 Å². The van der Waals surface area contributed by atoms with E-state index >= 15 is 0 Å². The molecule has 0 fully saturated rings. The normalized spacial score (nSPS) is 10.1. The number of hydrogen-bond donors (Lipinski definition) is 5. The van der Waals surface area contributed by atoms with Gasteiger partial charge in [0.05, 0.1) is 26.0 Å². The number of nitro benzene ring substituents is 3. The Hall–Kier alpha value is -7.14. The number of benzene rings is 4. The van der Waals surface area contributed by atoms with Gasteiger partial charge in [-0.2, -0.15) is 13.2 Å². The second-order valence-electron chi connectivity index (χ2n) is 16.4. The Morgan fingerprint density at radius 2 is 0.882 bits per heavy atom. The van der Waals surface area contributed by atoms with E-state index in [-0.39, 0.29) is 16.8 Å². The fourth-order valence-corrected chi connectivity index (χ4v) is 8.47. The molecule has 0 spiro atoms. The van der Waals surface area contributed by atoms with Gasteiger partial charge in [0.15, 0.2) is 12.9 Å². The number of rotatable bonds is 9. The summed E-state index contributed by atoms with van der Waals surface area (Å²) < 4.78 is 119. The first kappa shape index (κ1) is 80.1. The van der Waals surface area contributed by atoms with Gasteiger partial charge >= 0.3 is 59.8 Å². The number of hydrogen-bond acceptors (Lipinski definition) is 17. The molecule has 6 aromatic heterocycles. The number of carboxylic acids is 1. The molecule has 4 aromatic carbocycles. The SMILES string of the molecule is C[N+](=O)[O-].Ic1cnc2[nH]ccc2c1.Nc1ccc(F)c(C(=O)c2c[nH]c3ncc(I)cc23)c1F.O=C(Cl)c1c(F)ccc([N+](=O)[O-])c1F.O=C(O)c1c(F)ccc([N+](=O)[O-])c1F.O=C(c1c(F)ccc([N+](=O)[O-])c1F)c1c[nH]c2ncc(I)cc12.O=S(Cl)Cl.[Cl][Sn][Cl]. The number of H-pyrrole nitrogens is 3. The summed E-state index contributed by atoms with van der Waals surface area (Å²) in [5.74, 6) is -14.1. The first-order valence-corrected chi connectivity index (χ1v) is 36.9. The number of aromatic carboxylic acids is 1. The molecule has 10 rings (SSSR count). The van der Waals surface area contributed by atoms with E-state index in [1.807, 2.05) is 63.6 Å². The second kappa shape index (κ2) is 37.7. The van der Waals surface area contributed by atoms with Gasteiger partial charge in [0, 0.05) is 120 Å². The zero-order chi connectivity index (χ0) is 70.5. The molecule has 0 bridgehead atoms. The zero-order valence-corrected chi connectivity index (χ0v) is 58.7. The van der Waals surface area contributed by atoms with Crippen molar-refractivity contribution >= 4 is 225 Å². The molecule has 0 aliphatic heterocycles. The third-order valence-electron chi connectivity index (χ3n) is 10.6. The first-order chi connectivity index (χ1) is 43.5. The molecule has 10 aromatic rings. The molecule has 43 heteroatoms. The monoisotopic (exact) mass is 1860 g/mol. The van der Waals surface area contributed by atoms with Gasteiger partial charge < -0.3 is 25.8 Å². The van der Waals surface area contributed by atoms with Crippen LogP contribution in [-0.2, 0) is 9.23 Å². The molecule has 0 aliphatic carbocycles. The molecule has 0 unspecified atom stereocenters. The number of anilines is 1. The van der Waals surface area contributed by atoms with Crippen LogP contribution in [0.15, 0.2) is 110 Å². The summed E-state index contributed by atoms with van der Waals surface area (Å²) in [7, 11) is 18.1. The first-order valence-electron chi connectivity index (χ1n) is 23.3. The molecule has 0 saturated heterocycles. The number of nitrogens with zero attached hydrogens (tertiary/aromatic N) is 7. The summed E-state index contributed by atoms with van der Waals surface area (Å²) in [6.45, 7) is 0. The zero-order valence-electron chi connectivity index (χ0n) is 44.8. The average molecular weight is 1870 g/mol. The van der Waals surface area contributed by atoms with Gasteiger partial charge in [0.2, 0.25) is 38.2 Å². The van der Waals surface area contributed by atoms with Crippen molar-refractivity contribution in [3.63, 3.8) is 0 Å². The maximum absolute atomic E-state index is 14.2. The Morgan fingerprint density at radius 1 is 0.559 bits per heavy atom. The van der Waals surface area contributed by atoms with E-state index in [1.165, 1.54) is 21.4 Å². The predicted molar refractivity (Wildman–Crippen MR) is 350 cm³/mol. The van der Waals surface area contributed by atoms with Crippen molar-refractivity contribution in [1.29, 1.82) is 0 Å². The average Bonchev–Trinajstić information content (AvgIpc) is 1.96. The van der Waals surface area contributed by atoms with Crippen molar-refractivity contribution in [2.75, 3.05) is 12.8 Å². The third kappa shape index (κ3) is 22.8. The number of carbonyl (C=O) groups is 4. The van der Waals surface area contributed by atoms with Crippen LogP contribution in [0.25, 0.3) is 33.1 Å². The standard InChI is InChI=1S/C14H6F2IN3O3.C14H8F2IN3O.C7H2ClF2NO3.C7H3F2NO4.C7H5IN2.CH3NO2.Cl2OS.2ClH.Sn/c15-9-1-2-10(20(22)23)12(16)11(9)13(21)8-5-19-14-7(8)3-6(17)4-18-14;15-9-1-2-10(18)12(16)11(9)13(21)8-5-20-14-7(8)3-6(17)4-19-14;8-7(12)5-3(9)1-2-4(6(5)10)11(13)14;8-3-1-2-4(10(13)14)6(9)5(3)7(11)12;8-6-3-5-1-2-9-7(5)10-4-6;1-2(3)4;1-4(2)3;;;/h1-5H,(H,18,19);1-5H,18H2,(H,19,20);1-2H;1-2H,(H,11,12);1-4H,(H,9,10);1H3;;2*1H;/q;;;;;;;;;+2/p-2. The van der Waals surface area contributed by atoms with E-state index < -0.39 is 156 Å². The van der Waals surface area contributed by atoms with Crippen molar-refractivity contribution in [1.82, 2.24) is 29.9 Å². The van der Waals surface area contributed by atoms with Crippen molar-refractivity contribution < 1.29 is 83.3 Å². The van der Waals surface area contributed by atoms with Gasteiger partial charge in [-0.05, 0) is 134 Å². The number of ketones is 2. The van der Waals surface area contributed by atoms with E-state index in [1.54, 1.807) is 24.5 Å². The molecule has 0 aliphatic rings. The number of aromatic nitrogens is 6. The van der Waals surface area contributed by atoms with Gasteiger partial charge in [-0.25, -0.2) is 45.9 Å². The molecular formula is C50H27Cl5F8I3N11O14SSn. The van der Waals surface area contributed by atoms with Crippen LogP contribution in [0.3, 0.4) is 0 Å². The third-order valence-corrected chi connectivity index (χ3v) is 12.6. The van der Waals surface area contributed by atoms with Gasteiger partial charge in [-0.1, -0.05) is 0 Å². The Balaban J connectivity index is 0.000000298. The Labute approximate surface area is 586 Å². The van der Waals surface area contributed by atoms with E-state index in [0.29, 0.717) is 58.5 Å². The number of carboxylic acid groups (broad SMARTS) is 1. The topological polar surface area (TPSA) is 390 Å². The molecular weight excluding hydrogens is 1840 g/mol. The number of nitrogen functional groups attached to an aromatic ring is 1. The molecule has 6 heterocycles. The van der Waals surface area contributed by atoms with Crippen LogP contribution in [-0.4, -0.2) is 108 Å². The minimum atomic E-state index is -1.89. The van der Waals surface area contributed by atoms with Crippen LogP contribution in [0.1, 0.15) is 52.6 Å². The Kier molecular flexibility index (Phi) is 32.4. The molecule has 0 saturated carbocycles.